The number of rotatable bonds is 9. The van der Waals surface area contributed by atoms with Gasteiger partial charge in [0.1, 0.15) is 0 Å². The number of hydrogen-bond donors (Lipinski definition) is 0. The van der Waals surface area contributed by atoms with E-state index in [4.69, 9.17) is 0 Å². The summed E-state index contributed by atoms with van der Waals surface area (Å²) in [6, 6.07) is 112. The third kappa shape index (κ3) is 7.10. The van der Waals surface area contributed by atoms with Gasteiger partial charge in [-0.2, -0.15) is 0 Å². The summed E-state index contributed by atoms with van der Waals surface area (Å²) in [5, 5.41) is 7.36. The highest BCUT2D eigenvalue weighted by Gasteiger charge is 2.45. The lowest BCUT2D eigenvalue weighted by Crippen LogP contribution is -2.28. The predicted molar refractivity (Wildman–Crippen MR) is 324 cm³/mol. The number of nitrogens with zero attached hydrogens (tertiary/aromatic N) is 2. The van der Waals surface area contributed by atoms with Gasteiger partial charge in [-0.05, 0) is 143 Å². The first-order valence-corrected chi connectivity index (χ1v) is 26.7. The topological polar surface area (TPSA) is 8.17 Å². The van der Waals surface area contributed by atoms with Crippen molar-refractivity contribution in [3.05, 3.63) is 326 Å². The van der Waals surface area contributed by atoms with Crippen molar-refractivity contribution in [2.24, 2.45) is 0 Å². The Morgan fingerprint density at radius 3 is 1.38 bits per heavy atom. The Morgan fingerprint density at radius 1 is 0.273 bits per heavy atom. The second-order valence-corrected chi connectivity index (χ2v) is 20.3. The number of fused-ring (bicyclic) bond motifs is 8. The minimum atomic E-state index is -0.489. The molecule has 0 saturated carbocycles. The summed E-state index contributed by atoms with van der Waals surface area (Å²) in [5.41, 5.74) is 21.2. The fourth-order valence-electron chi connectivity index (χ4n) is 12.9. The standard InChI is InChI=1S/C75H50N2/c1-3-19-51(20-4-1)63-30-17-21-53-22-18-31-64(74(53)63)52-39-44-59(45-40-52)76(60-47-42-58(43-48-60)75(57-23-5-2-6-24-57)69-32-12-7-26-65(69)66-27-8-13-33-70(66)75)61-46-41-54-49-56(38-37-55(54)50-61)62-25-9-14-34-71(62)77-72-35-15-10-28-67(72)68-29-11-16-36-73(68)77/h1-50H. The second-order valence-electron chi connectivity index (χ2n) is 20.3. The molecule has 2 nitrogen and oxygen atoms in total. The molecule has 2 heteroatoms. The van der Waals surface area contributed by atoms with Gasteiger partial charge in [0, 0.05) is 33.4 Å². The fraction of sp³-hybridized carbons (Fsp3) is 0.0133. The van der Waals surface area contributed by atoms with Crippen molar-refractivity contribution in [1.82, 2.24) is 4.57 Å². The molecule has 1 aromatic heterocycles. The van der Waals surface area contributed by atoms with Crippen LogP contribution >= 0.6 is 0 Å². The third-order valence-electron chi connectivity index (χ3n) is 16.3. The highest BCUT2D eigenvalue weighted by Crippen LogP contribution is 2.56. The number of benzene rings is 13. The molecule has 0 aliphatic heterocycles. The van der Waals surface area contributed by atoms with Gasteiger partial charge >= 0.3 is 0 Å². The van der Waals surface area contributed by atoms with E-state index in [-0.39, 0.29) is 0 Å². The second kappa shape index (κ2) is 18.1. The summed E-state index contributed by atoms with van der Waals surface area (Å²) < 4.78 is 2.43. The molecule has 77 heavy (non-hydrogen) atoms. The molecule has 1 heterocycles. The lowest BCUT2D eigenvalue weighted by molar-refractivity contribution is 0.768. The fourth-order valence-corrected chi connectivity index (χ4v) is 12.9. The summed E-state index contributed by atoms with van der Waals surface area (Å²) in [5.74, 6) is 0. The molecule has 15 rings (SSSR count). The first kappa shape index (κ1) is 44.5. The predicted octanol–water partition coefficient (Wildman–Crippen LogP) is 19.9. The maximum atomic E-state index is 2.43. The van der Waals surface area contributed by atoms with Gasteiger partial charge in [0.25, 0.3) is 0 Å². The van der Waals surface area contributed by atoms with E-state index in [0.717, 1.165) is 22.7 Å². The van der Waals surface area contributed by atoms with Crippen LogP contribution < -0.4 is 4.90 Å². The Bertz CT molecular complexity index is 4450. The van der Waals surface area contributed by atoms with Crippen LogP contribution in [0.3, 0.4) is 0 Å². The summed E-state index contributed by atoms with van der Waals surface area (Å²) in [6.07, 6.45) is 0. The van der Waals surface area contributed by atoms with Crippen LogP contribution in [0.25, 0.3) is 93.5 Å². The molecule has 0 unspecified atom stereocenters. The minimum Gasteiger partial charge on any atom is -0.310 e. The SMILES string of the molecule is c1ccc(-c2cccc3cccc(-c4ccc(N(c5ccc(C6(c7ccccc7)c7ccccc7-c7ccccc76)cc5)c5ccc6cc(-c7ccccc7-n7c8ccccc8c8ccccc87)ccc6c5)cc4)c23)cc1. The van der Waals surface area contributed by atoms with Crippen LogP contribution in [0, 0.1) is 0 Å². The van der Waals surface area contributed by atoms with E-state index >= 15 is 0 Å². The van der Waals surface area contributed by atoms with Crippen LogP contribution in [0.5, 0.6) is 0 Å². The van der Waals surface area contributed by atoms with E-state index in [1.165, 1.54) is 110 Å². The molecule has 360 valence electrons. The minimum absolute atomic E-state index is 0.489. The molecule has 0 fully saturated rings. The van der Waals surface area contributed by atoms with Crippen molar-refractivity contribution < 1.29 is 0 Å². The van der Waals surface area contributed by atoms with Gasteiger partial charge < -0.3 is 9.47 Å². The summed E-state index contributed by atoms with van der Waals surface area (Å²) in [7, 11) is 0. The van der Waals surface area contributed by atoms with Gasteiger partial charge in [-0.3, -0.25) is 0 Å². The number of aromatic nitrogens is 1. The molecule has 0 amide bonds. The van der Waals surface area contributed by atoms with Crippen molar-refractivity contribution >= 4 is 60.4 Å². The Hall–Kier alpha value is -10.0. The summed E-state index contributed by atoms with van der Waals surface area (Å²) in [6.45, 7) is 0. The zero-order valence-corrected chi connectivity index (χ0v) is 42.3. The lowest BCUT2D eigenvalue weighted by atomic mass is 9.68. The highest BCUT2D eigenvalue weighted by atomic mass is 15.1. The van der Waals surface area contributed by atoms with E-state index in [9.17, 15) is 0 Å². The molecular formula is C75H50N2. The molecule has 0 saturated heterocycles. The largest absolute Gasteiger partial charge is 0.310 e. The monoisotopic (exact) mass is 978 g/mol. The highest BCUT2D eigenvalue weighted by molar-refractivity contribution is 6.10. The van der Waals surface area contributed by atoms with Gasteiger partial charge in [0.15, 0.2) is 0 Å². The number of anilines is 3. The van der Waals surface area contributed by atoms with Gasteiger partial charge in [0.2, 0.25) is 0 Å². The maximum Gasteiger partial charge on any atom is 0.0713 e. The Balaban J connectivity index is 0.868. The van der Waals surface area contributed by atoms with Gasteiger partial charge in [-0.1, -0.05) is 243 Å². The smallest absolute Gasteiger partial charge is 0.0713 e. The van der Waals surface area contributed by atoms with Crippen LogP contribution in [0.2, 0.25) is 0 Å². The van der Waals surface area contributed by atoms with E-state index in [1.54, 1.807) is 0 Å². The Labute approximate surface area is 448 Å². The summed E-state index contributed by atoms with van der Waals surface area (Å²) in [4.78, 5) is 2.42. The molecule has 0 spiro atoms. The van der Waals surface area contributed by atoms with Crippen LogP contribution in [0.15, 0.2) is 303 Å². The molecule has 0 atom stereocenters. The number of hydrogen-bond acceptors (Lipinski definition) is 1. The van der Waals surface area contributed by atoms with E-state index in [2.05, 4.69) is 313 Å². The van der Waals surface area contributed by atoms with E-state index in [1.807, 2.05) is 0 Å². The van der Waals surface area contributed by atoms with Gasteiger partial charge in [-0.15, -0.1) is 0 Å². The first-order chi connectivity index (χ1) is 38.2. The normalized spacial score (nSPS) is 12.5. The van der Waals surface area contributed by atoms with Crippen LogP contribution in [0.4, 0.5) is 17.1 Å². The van der Waals surface area contributed by atoms with Crippen molar-refractivity contribution in [2.75, 3.05) is 4.90 Å². The maximum absolute atomic E-state index is 2.43. The van der Waals surface area contributed by atoms with Crippen LogP contribution in [-0.2, 0) is 5.41 Å². The third-order valence-corrected chi connectivity index (χ3v) is 16.3. The van der Waals surface area contributed by atoms with Crippen LogP contribution in [-0.4, -0.2) is 4.57 Å². The average Bonchev–Trinajstić information content (AvgIpc) is 4.12. The molecule has 0 radical (unpaired) electrons. The number of para-hydroxylation sites is 3. The van der Waals surface area contributed by atoms with Gasteiger partial charge in [0.05, 0.1) is 22.1 Å². The van der Waals surface area contributed by atoms with Crippen LogP contribution in [0.1, 0.15) is 22.3 Å². The zero-order chi connectivity index (χ0) is 50.9. The van der Waals surface area contributed by atoms with Crippen molar-refractivity contribution in [2.45, 2.75) is 5.41 Å². The molecule has 13 aromatic carbocycles. The Morgan fingerprint density at radius 2 is 0.727 bits per heavy atom. The Kier molecular flexibility index (Phi) is 10.5. The molecule has 14 aromatic rings. The average molecular weight is 979 g/mol. The lowest BCUT2D eigenvalue weighted by Gasteiger charge is -2.34. The van der Waals surface area contributed by atoms with E-state index < -0.39 is 5.41 Å². The molecule has 1 aliphatic carbocycles. The van der Waals surface area contributed by atoms with Gasteiger partial charge in [-0.25, -0.2) is 0 Å². The summed E-state index contributed by atoms with van der Waals surface area (Å²) >= 11 is 0. The van der Waals surface area contributed by atoms with Crippen molar-refractivity contribution in [3.63, 3.8) is 0 Å². The quantitative estimate of drug-likeness (QED) is 0.140. The molecule has 0 bridgehead atoms. The van der Waals surface area contributed by atoms with Crippen molar-refractivity contribution in [3.8, 4) is 50.2 Å². The zero-order valence-electron chi connectivity index (χ0n) is 42.3. The first-order valence-electron chi connectivity index (χ1n) is 26.7. The molecular weight excluding hydrogens is 929 g/mol. The molecule has 1 aliphatic rings. The van der Waals surface area contributed by atoms with Crippen molar-refractivity contribution in [1.29, 1.82) is 0 Å². The van der Waals surface area contributed by atoms with E-state index in [0.29, 0.717) is 0 Å². The molecule has 0 N–H and O–H groups in total.